The van der Waals surface area contributed by atoms with Crippen molar-refractivity contribution in [1.82, 2.24) is 0 Å². The quantitative estimate of drug-likeness (QED) is 0.685. The Balaban J connectivity index is 2.53. The number of nitrogens with two attached hydrogens (primary N) is 1. The van der Waals surface area contributed by atoms with Crippen LogP contribution in [-0.2, 0) is 13.0 Å². The van der Waals surface area contributed by atoms with E-state index in [1.165, 1.54) is 6.07 Å². The Morgan fingerprint density at radius 1 is 1.54 bits per heavy atom. The van der Waals surface area contributed by atoms with Crippen molar-refractivity contribution in [3.8, 4) is 0 Å². The summed E-state index contributed by atoms with van der Waals surface area (Å²) < 4.78 is 13.4. The van der Waals surface area contributed by atoms with Gasteiger partial charge < -0.3 is 10.8 Å². The first-order valence-corrected chi connectivity index (χ1v) is 4.40. The van der Waals surface area contributed by atoms with E-state index in [9.17, 15) is 4.39 Å². The standard InChI is InChI=1S/C10H12FNO/c11-8-4-6(5-13)3-7-1-2-9(12)10(7)8/h3-4,9,13H,1-2,5,12H2. The predicted molar refractivity (Wildman–Crippen MR) is 47.6 cm³/mol. The molecule has 1 unspecified atom stereocenters. The summed E-state index contributed by atoms with van der Waals surface area (Å²) >= 11 is 0. The summed E-state index contributed by atoms with van der Waals surface area (Å²) in [6, 6.07) is 3.04. The smallest absolute Gasteiger partial charge is 0.128 e. The number of aliphatic hydroxyl groups excluding tert-OH is 1. The van der Waals surface area contributed by atoms with Crippen LogP contribution in [0.3, 0.4) is 0 Å². The molecule has 1 aromatic rings. The highest BCUT2D eigenvalue weighted by atomic mass is 19.1. The number of rotatable bonds is 1. The molecule has 0 amide bonds. The molecular formula is C10H12FNO. The van der Waals surface area contributed by atoms with Crippen molar-refractivity contribution >= 4 is 0 Å². The zero-order valence-corrected chi connectivity index (χ0v) is 7.26. The van der Waals surface area contributed by atoms with Crippen molar-refractivity contribution in [3.63, 3.8) is 0 Å². The van der Waals surface area contributed by atoms with Crippen molar-refractivity contribution in [2.45, 2.75) is 25.5 Å². The van der Waals surface area contributed by atoms with Crippen molar-refractivity contribution in [3.05, 3.63) is 34.6 Å². The van der Waals surface area contributed by atoms with Crippen LogP contribution in [0.4, 0.5) is 4.39 Å². The number of hydrogen-bond acceptors (Lipinski definition) is 2. The van der Waals surface area contributed by atoms with Crippen LogP contribution in [0.1, 0.15) is 29.2 Å². The van der Waals surface area contributed by atoms with Crippen LogP contribution in [0.5, 0.6) is 0 Å². The first-order valence-electron chi connectivity index (χ1n) is 4.40. The maximum atomic E-state index is 13.4. The molecule has 3 heteroatoms. The Morgan fingerprint density at radius 3 is 3.00 bits per heavy atom. The van der Waals surface area contributed by atoms with Crippen LogP contribution in [0.2, 0.25) is 0 Å². The van der Waals surface area contributed by atoms with E-state index in [1.54, 1.807) is 0 Å². The molecule has 3 N–H and O–H groups in total. The fourth-order valence-electron chi connectivity index (χ4n) is 1.91. The topological polar surface area (TPSA) is 46.2 Å². The van der Waals surface area contributed by atoms with Crippen molar-refractivity contribution in [2.24, 2.45) is 5.73 Å². The molecule has 0 aromatic heterocycles. The molecule has 1 aliphatic rings. The molecular weight excluding hydrogens is 169 g/mol. The summed E-state index contributed by atoms with van der Waals surface area (Å²) in [5.74, 6) is -0.272. The van der Waals surface area contributed by atoms with Gasteiger partial charge in [-0.25, -0.2) is 4.39 Å². The van der Waals surface area contributed by atoms with Gasteiger partial charge in [-0.15, -0.1) is 0 Å². The third-order valence-electron chi connectivity index (χ3n) is 2.55. The van der Waals surface area contributed by atoms with Crippen LogP contribution in [0.15, 0.2) is 12.1 Å². The Hall–Kier alpha value is -0.930. The number of aryl methyl sites for hydroxylation is 1. The van der Waals surface area contributed by atoms with E-state index in [2.05, 4.69) is 0 Å². The van der Waals surface area contributed by atoms with Gasteiger partial charge in [0.2, 0.25) is 0 Å². The molecule has 70 valence electrons. The molecule has 0 aliphatic heterocycles. The molecule has 0 radical (unpaired) electrons. The molecule has 2 rings (SSSR count). The van der Waals surface area contributed by atoms with Gasteiger partial charge in [0.1, 0.15) is 5.82 Å². The first kappa shape index (κ1) is 8.66. The predicted octanol–water partition coefficient (Wildman–Crippen LogP) is 1.26. The van der Waals surface area contributed by atoms with Gasteiger partial charge in [-0.3, -0.25) is 0 Å². The second-order valence-electron chi connectivity index (χ2n) is 3.45. The highest BCUT2D eigenvalue weighted by Crippen LogP contribution is 2.32. The summed E-state index contributed by atoms with van der Waals surface area (Å²) in [5, 5.41) is 8.86. The van der Waals surface area contributed by atoms with Crippen molar-refractivity contribution < 1.29 is 9.50 Å². The molecule has 0 saturated carbocycles. The number of aliphatic hydroxyl groups is 1. The highest BCUT2D eigenvalue weighted by Gasteiger charge is 2.23. The number of fused-ring (bicyclic) bond motifs is 1. The van der Waals surface area contributed by atoms with Gasteiger partial charge in [0.25, 0.3) is 0 Å². The minimum absolute atomic E-state index is 0.112. The zero-order valence-electron chi connectivity index (χ0n) is 7.26. The Labute approximate surface area is 76.2 Å². The minimum atomic E-state index is -0.272. The average Bonchev–Trinajstić information content (AvgIpc) is 2.48. The number of hydrogen-bond donors (Lipinski definition) is 2. The molecule has 1 aromatic carbocycles. The Bertz CT molecular complexity index is 338. The number of halogens is 1. The molecule has 0 bridgehead atoms. The van der Waals surface area contributed by atoms with Gasteiger partial charge in [-0.2, -0.15) is 0 Å². The lowest BCUT2D eigenvalue weighted by molar-refractivity contribution is 0.281. The molecule has 0 saturated heterocycles. The molecule has 0 fully saturated rings. The van der Waals surface area contributed by atoms with Gasteiger partial charge in [0.15, 0.2) is 0 Å². The van der Waals surface area contributed by atoms with E-state index in [-0.39, 0.29) is 18.5 Å². The Kier molecular flexibility index (Phi) is 2.06. The number of benzene rings is 1. The fourth-order valence-corrected chi connectivity index (χ4v) is 1.91. The zero-order chi connectivity index (χ0) is 9.42. The second-order valence-corrected chi connectivity index (χ2v) is 3.45. The fraction of sp³-hybridized carbons (Fsp3) is 0.400. The van der Waals surface area contributed by atoms with E-state index in [4.69, 9.17) is 10.8 Å². The van der Waals surface area contributed by atoms with E-state index in [0.717, 1.165) is 18.4 Å². The molecule has 1 atom stereocenters. The summed E-state index contributed by atoms with van der Waals surface area (Å²) in [7, 11) is 0. The third-order valence-corrected chi connectivity index (χ3v) is 2.55. The first-order chi connectivity index (χ1) is 6.22. The lowest BCUT2D eigenvalue weighted by atomic mass is 10.0. The van der Waals surface area contributed by atoms with Crippen LogP contribution in [-0.4, -0.2) is 5.11 Å². The minimum Gasteiger partial charge on any atom is -0.392 e. The molecule has 13 heavy (non-hydrogen) atoms. The maximum absolute atomic E-state index is 13.4. The van der Waals surface area contributed by atoms with Gasteiger partial charge in [-0.05, 0) is 30.0 Å². The Morgan fingerprint density at radius 2 is 2.31 bits per heavy atom. The summed E-state index contributed by atoms with van der Waals surface area (Å²) in [4.78, 5) is 0. The molecule has 0 spiro atoms. The van der Waals surface area contributed by atoms with Crippen LogP contribution in [0, 0.1) is 5.82 Å². The van der Waals surface area contributed by atoms with Crippen LogP contribution < -0.4 is 5.73 Å². The van der Waals surface area contributed by atoms with E-state index < -0.39 is 0 Å². The SMILES string of the molecule is NC1CCc2cc(CO)cc(F)c21. The summed E-state index contributed by atoms with van der Waals surface area (Å²) in [5.41, 5.74) is 7.96. The van der Waals surface area contributed by atoms with Crippen molar-refractivity contribution in [1.29, 1.82) is 0 Å². The average molecular weight is 181 g/mol. The molecule has 1 aliphatic carbocycles. The second kappa shape index (κ2) is 3.09. The lowest BCUT2D eigenvalue weighted by Crippen LogP contribution is -2.07. The van der Waals surface area contributed by atoms with E-state index in [1.807, 2.05) is 6.07 Å². The highest BCUT2D eigenvalue weighted by molar-refractivity contribution is 5.38. The molecule has 0 heterocycles. The maximum Gasteiger partial charge on any atom is 0.128 e. The van der Waals surface area contributed by atoms with E-state index >= 15 is 0 Å². The largest absolute Gasteiger partial charge is 0.392 e. The van der Waals surface area contributed by atoms with Gasteiger partial charge in [0, 0.05) is 11.6 Å². The normalized spacial score (nSPS) is 20.4. The van der Waals surface area contributed by atoms with E-state index in [0.29, 0.717) is 11.1 Å². The van der Waals surface area contributed by atoms with Gasteiger partial charge >= 0.3 is 0 Å². The lowest BCUT2D eigenvalue weighted by Gasteiger charge is -2.07. The van der Waals surface area contributed by atoms with Crippen LogP contribution in [0.25, 0.3) is 0 Å². The van der Waals surface area contributed by atoms with Gasteiger partial charge in [-0.1, -0.05) is 6.07 Å². The summed E-state index contributed by atoms with van der Waals surface area (Å²) in [6.07, 6.45) is 1.63. The summed E-state index contributed by atoms with van der Waals surface area (Å²) in [6.45, 7) is -0.112. The monoisotopic (exact) mass is 181 g/mol. The molecule has 2 nitrogen and oxygen atoms in total. The van der Waals surface area contributed by atoms with Crippen molar-refractivity contribution in [2.75, 3.05) is 0 Å². The third kappa shape index (κ3) is 1.34. The van der Waals surface area contributed by atoms with Gasteiger partial charge in [0.05, 0.1) is 6.61 Å². The van der Waals surface area contributed by atoms with Crippen LogP contribution >= 0.6 is 0 Å².